The van der Waals surface area contributed by atoms with Gasteiger partial charge in [-0.25, -0.2) is 8.78 Å². The zero-order valence-electron chi connectivity index (χ0n) is 11.6. The third kappa shape index (κ3) is 2.89. The number of furan rings is 1. The summed E-state index contributed by atoms with van der Waals surface area (Å²) in [6.07, 6.45) is 1.61. The number of likely N-dealkylation sites (N-methyl/N-ethyl adjacent to an activating group) is 1. The lowest BCUT2D eigenvalue weighted by Gasteiger charge is -2.27. The number of halogens is 2. The SMILES string of the molecule is Cc1occc1CN(C)C(CN)c1cccc(F)c1F. The Kier molecular flexibility index (Phi) is 4.52. The first-order chi connectivity index (χ1) is 9.54. The Bertz CT molecular complexity index is 583. The molecule has 1 unspecified atom stereocenters. The third-order valence-electron chi connectivity index (χ3n) is 3.48. The molecule has 0 amide bonds. The smallest absolute Gasteiger partial charge is 0.163 e. The fourth-order valence-electron chi connectivity index (χ4n) is 2.28. The van der Waals surface area contributed by atoms with Gasteiger partial charge in [0.2, 0.25) is 0 Å². The average Bonchev–Trinajstić information content (AvgIpc) is 2.81. The largest absolute Gasteiger partial charge is 0.469 e. The summed E-state index contributed by atoms with van der Waals surface area (Å²) >= 11 is 0. The molecular weight excluding hydrogens is 262 g/mol. The molecule has 2 N–H and O–H groups in total. The van der Waals surface area contributed by atoms with E-state index in [2.05, 4.69) is 0 Å². The second-order valence-electron chi connectivity index (χ2n) is 4.81. The molecule has 1 atom stereocenters. The topological polar surface area (TPSA) is 42.4 Å². The van der Waals surface area contributed by atoms with E-state index in [4.69, 9.17) is 10.2 Å². The van der Waals surface area contributed by atoms with Crippen LogP contribution in [0.2, 0.25) is 0 Å². The highest BCUT2D eigenvalue weighted by Crippen LogP contribution is 2.25. The van der Waals surface area contributed by atoms with Crippen LogP contribution in [0.3, 0.4) is 0 Å². The van der Waals surface area contributed by atoms with E-state index in [1.165, 1.54) is 6.07 Å². The van der Waals surface area contributed by atoms with Crippen LogP contribution >= 0.6 is 0 Å². The van der Waals surface area contributed by atoms with Gasteiger partial charge in [-0.2, -0.15) is 0 Å². The minimum Gasteiger partial charge on any atom is -0.469 e. The zero-order chi connectivity index (χ0) is 14.7. The fourth-order valence-corrected chi connectivity index (χ4v) is 2.28. The van der Waals surface area contributed by atoms with Gasteiger partial charge >= 0.3 is 0 Å². The van der Waals surface area contributed by atoms with Gasteiger partial charge in [-0.1, -0.05) is 12.1 Å². The molecule has 2 aromatic rings. The quantitative estimate of drug-likeness (QED) is 0.915. The number of hydrogen-bond donors (Lipinski definition) is 1. The summed E-state index contributed by atoms with van der Waals surface area (Å²) in [6, 6.07) is 5.63. The summed E-state index contributed by atoms with van der Waals surface area (Å²) in [6.45, 7) is 2.62. The molecular formula is C15H18F2N2O. The predicted molar refractivity (Wildman–Crippen MR) is 73.1 cm³/mol. The lowest BCUT2D eigenvalue weighted by Crippen LogP contribution is -2.31. The number of nitrogens with zero attached hydrogens (tertiary/aromatic N) is 1. The fraction of sp³-hybridized carbons (Fsp3) is 0.333. The van der Waals surface area contributed by atoms with Crippen LogP contribution < -0.4 is 5.73 Å². The van der Waals surface area contributed by atoms with Crippen molar-refractivity contribution in [2.45, 2.75) is 19.5 Å². The van der Waals surface area contributed by atoms with Crippen molar-refractivity contribution in [2.24, 2.45) is 5.73 Å². The van der Waals surface area contributed by atoms with E-state index in [0.29, 0.717) is 6.54 Å². The second-order valence-corrected chi connectivity index (χ2v) is 4.81. The van der Waals surface area contributed by atoms with Gasteiger partial charge in [-0.3, -0.25) is 4.90 Å². The molecule has 0 radical (unpaired) electrons. The molecule has 0 bridgehead atoms. The van der Waals surface area contributed by atoms with E-state index >= 15 is 0 Å². The molecule has 0 spiro atoms. The van der Waals surface area contributed by atoms with Gasteiger partial charge in [0.1, 0.15) is 5.76 Å². The Morgan fingerprint density at radius 3 is 2.65 bits per heavy atom. The minimum atomic E-state index is -0.853. The van der Waals surface area contributed by atoms with Crippen molar-refractivity contribution >= 4 is 0 Å². The van der Waals surface area contributed by atoms with Crippen LogP contribution in [-0.2, 0) is 6.54 Å². The molecule has 108 valence electrons. The van der Waals surface area contributed by atoms with Crippen LogP contribution in [0, 0.1) is 18.6 Å². The number of rotatable bonds is 5. The lowest BCUT2D eigenvalue weighted by molar-refractivity contribution is 0.234. The Morgan fingerprint density at radius 1 is 1.30 bits per heavy atom. The summed E-state index contributed by atoms with van der Waals surface area (Å²) in [5.74, 6) is -0.875. The summed E-state index contributed by atoms with van der Waals surface area (Å²) in [5.41, 5.74) is 7.01. The summed E-state index contributed by atoms with van der Waals surface area (Å²) in [7, 11) is 1.83. The monoisotopic (exact) mass is 280 g/mol. The van der Waals surface area contributed by atoms with Crippen LogP contribution in [-0.4, -0.2) is 18.5 Å². The Morgan fingerprint density at radius 2 is 2.05 bits per heavy atom. The highest BCUT2D eigenvalue weighted by Gasteiger charge is 2.21. The van der Waals surface area contributed by atoms with Crippen LogP contribution in [0.25, 0.3) is 0 Å². The summed E-state index contributed by atoms with van der Waals surface area (Å²) in [4.78, 5) is 1.88. The molecule has 0 saturated heterocycles. The van der Waals surface area contributed by atoms with Crippen LogP contribution in [0.1, 0.15) is 22.9 Å². The van der Waals surface area contributed by atoms with Crippen molar-refractivity contribution in [3.8, 4) is 0 Å². The summed E-state index contributed by atoms with van der Waals surface area (Å²) < 4.78 is 32.4. The molecule has 0 aliphatic heterocycles. The third-order valence-corrected chi connectivity index (χ3v) is 3.48. The number of nitrogens with two attached hydrogens (primary N) is 1. The van der Waals surface area contributed by atoms with Gasteiger partial charge in [0.15, 0.2) is 11.6 Å². The van der Waals surface area contributed by atoms with Gasteiger partial charge in [0, 0.05) is 24.2 Å². The van der Waals surface area contributed by atoms with Gasteiger partial charge in [-0.15, -0.1) is 0 Å². The van der Waals surface area contributed by atoms with Crippen molar-refractivity contribution in [3.63, 3.8) is 0 Å². The van der Waals surface area contributed by atoms with Gasteiger partial charge < -0.3 is 10.2 Å². The van der Waals surface area contributed by atoms with Crippen molar-refractivity contribution in [3.05, 3.63) is 59.1 Å². The first-order valence-electron chi connectivity index (χ1n) is 6.41. The highest BCUT2D eigenvalue weighted by molar-refractivity contribution is 5.24. The summed E-state index contributed by atoms with van der Waals surface area (Å²) in [5, 5.41) is 0. The Hall–Kier alpha value is -1.72. The Balaban J connectivity index is 2.23. The van der Waals surface area contributed by atoms with Crippen LogP contribution in [0.4, 0.5) is 8.78 Å². The van der Waals surface area contributed by atoms with E-state index in [1.54, 1.807) is 12.3 Å². The minimum absolute atomic E-state index is 0.202. The van der Waals surface area contributed by atoms with Crippen molar-refractivity contribution < 1.29 is 13.2 Å². The van der Waals surface area contributed by atoms with Gasteiger partial charge in [-0.05, 0) is 26.1 Å². The molecule has 2 rings (SSSR count). The van der Waals surface area contributed by atoms with E-state index in [1.807, 2.05) is 24.9 Å². The van der Waals surface area contributed by atoms with E-state index < -0.39 is 11.6 Å². The first kappa shape index (κ1) is 14.7. The van der Waals surface area contributed by atoms with Crippen LogP contribution in [0.5, 0.6) is 0 Å². The van der Waals surface area contributed by atoms with Crippen molar-refractivity contribution in [2.75, 3.05) is 13.6 Å². The molecule has 1 heterocycles. The van der Waals surface area contributed by atoms with Crippen molar-refractivity contribution in [1.29, 1.82) is 0 Å². The standard InChI is InChI=1S/C15H18F2N2O/c1-10-11(6-7-20-10)9-19(2)14(8-18)12-4-3-5-13(16)15(12)17/h3-7,14H,8-9,18H2,1-2H3. The van der Waals surface area contributed by atoms with Gasteiger partial charge in [0.05, 0.1) is 12.3 Å². The number of benzene rings is 1. The molecule has 0 aliphatic rings. The molecule has 1 aromatic heterocycles. The Labute approximate surface area is 117 Å². The average molecular weight is 280 g/mol. The number of hydrogen-bond acceptors (Lipinski definition) is 3. The van der Waals surface area contributed by atoms with E-state index in [0.717, 1.165) is 17.4 Å². The highest BCUT2D eigenvalue weighted by atomic mass is 19.2. The maximum Gasteiger partial charge on any atom is 0.163 e. The second kappa shape index (κ2) is 6.15. The molecule has 1 aromatic carbocycles. The molecule has 0 fully saturated rings. The predicted octanol–water partition coefficient (Wildman–Crippen LogP) is 3.00. The molecule has 5 heteroatoms. The van der Waals surface area contributed by atoms with Crippen molar-refractivity contribution in [1.82, 2.24) is 4.90 Å². The molecule has 20 heavy (non-hydrogen) atoms. The maximum absolute atomic E-state index is 13.9. The normalized spacial score (nSPS) is 12.9. The molecule has 3 nitrogen and oxygen atoms in total. The molecule has 0 saturated carbocycles. The first-order valence-corrected chi connectivity index (χ1v) is 6.41. The maximum atomic E-state index is 13.9. The van der Waals surface area contributed by atoms with Crippen LogP contribution in [0.15, 0.2) is 34.9 Å². The number of aryl methyl sites for hydroxylation is 1. The lowest BCUT2D eigenvalue weighted by atomic mass is 10.0. The molecule has 0 aliphatic carbocycles. The van der Waals surface area contributed by atoms with E-state index in [9.17, 15) is 8.78 Å². The van der Waals surface area contributed by atoms with E-state index in [-0.39, 0.29) is 18.2 Å². The zero-order valence-corrected chi connectivity index (χ0v) is 11.6. The van der Waals surface area contributed by atoms with Gasteiger partial charge in [0.25, 0.3) is 0 Å².